The van der Waals surface area contributed by atoms with Crippen LogP contribution in [0, 0.1) is 0 Å². The van der Waals surface area contributed by atoms with Crippen LogP contribution in [0.3, 0.4) is 0 Å². The number of hydrogen-bond donors (Lipinski definition) is 1. The molecule has 2 fully saturated rings. The van der Waals surface area contributed by atoms with E-state index in [1.54, 1.807) is 0 Å². The van der Waals surface area contributed by atoms with Crippen molar-refractivity contribution in [3.8, 4) is 0 Å². The number of aromatic nitrogens is 2. The number of nitrogens with zero attached hydrogens (tertiary/aromatic N) is 4. The molecule has 0 bridgehead atoms. The van der Waals surface area contributed by atoms with Gasteiger partial charge in [0.1, 0.15) is 0 Å². The Labute approximate surface area is 144 Å². The number of halogens is 2. The van der Waals surface area contributed by atoms with Crippen LogP contribution < -0.4 is 10.2 Å². The highest BCUT2D eigenvalue weighted by molar-refractivity contribution is 5.85. The lowest BCUT2D eigenvalue weighted by Gasteiger charge is -2.37. The predicted octanol–water partition coefficient (Wildman–Crippen LogP) is 1.05. The van der Waals surface area contributed by atoms with Crippen LogP contribution in [0.15, 0.2) is 12.4 Å². The number of piperazine rings is 1. The molecule has 1 amide bonds. The molecule has 1 N–H and O–H groups in total. The van der Waals surface area contributed by atoms with Crippen LogP contribution in [0.25, 0.3) is 0 Å². The van der Waals surface area contributed by atoms with Crippen molar-refractivity contribution in [2.45, 2.75) is 25.3 Å². The van der Waals surface area contributed by atoms with Gasteiger partial charge in [0.05, 0.1) is 17.9 Å². The second-order valence-electron chi connectivity index (χ2n) is 5.69. The van der Waals surface area contributed by atoms with Crippen LogP contribution in [0.1, 0.15) is 19.3 Å². The molecule has 126 valence electrons. The van der Waals surface area contributed by atoms with E-state index in [4.69, 9.17) is 0 Å². The quantitative estimate of drug-likeness (QED) is 0.867. The molecule has 1 aromatic heterocycles. The van der Waals surface area contributed by atoms with Gasteiger partial charge in [-0.15, -0.1) is 24.8 Å². The predicted molar refractivity (Wildman–Crippen MR) is 92.1 cm³/mol. The van der Waals surface area contributed by atoms with E-state index in [2.05, 4.69) is 15.3 Å². The normalized spacial score (nSPS) is 21.8. The van der Waals surface area contributed by atoms with Gasteiger partial charge < -0.3 is 15.1 Å². The Morgan fingerprint density at radius 1 is 1.23 bits per heavy atom. The number of nitrogens with one attached hydrogen (secondary N) is 1. The van der Waals surface area contributed by atoms with Gasteiger partial charge in [0, 0.05) is 39.4 Å². The Bertz CT molecular complexity index is 468. The summed E-state index contributed by atoms with van der Waals surface area (Å²) in [7, 11) is 1.93. The van der Waals surface area contributed by atoms with Crippen molar-refractivity contribution in [2.75, 3.05) is 37.6 Å². The number of amides is 1. The van der Waals surface area contributed by atoms with E-state index in [1.165, 1.54) is 12.8 Å². The van der Waals surface area contributed by atoms with E-state index in [1.807, 2.05) is 29.0 Å². The first-order chi connectivity index (χ1) is 9.74. The van der Waals surface area contributed by atoms with E-state index >= 15 is 0 Å². The number of aryl methyl sites for hydroxylation is 1. The average molecular weight is 350 g/mol. The molecule has 2 saturated heterocycles. The first-order valence-corrected chi connectivity index (χ1v) is 7.50. The van der Waals surface area contributed by atoms with Crippen molar-refractivity contribution in [1.29, 1.82) is 0 Å². The Kier molecular flexibility index (Phi) is 7.45. The third-order valence-corrected chi connectivity index (χ3v) is 4.26. The molecule has 0 radical (unpaired) electrons. The van der Waals surface area contributed by atoms with Gasteiger partial charge in [-0.3, -0.25) is 9.48 Å². The summed E-state index contributed by atoms with van der Waals surface area (Å²) in [5.74, 6) is 0.288. The minimum Gasteiger partial charge on any atom is -0.365 e. The fourth-order valence-electron chi connectivity index (χ4n) is 3.04. The molecule has 1 aromatic rings. The van der Waals surface area contributed by atoms with Crippen LogP contribution in [-0.2, 0) is 11.8 Å². The molecule has 2 aliphatic rings. The zero-order valence-electron chi connectivity index (χ0n) is 12.9. The first kappa shape index (κ1) is 19.1. The van der Waals surface area contributed by atoms with Gasteiger partial charge in [-0.25, -0.2) is 0 Å². The summed E-state index contributed by atoms with van der Waals surface area (Å²) < 4.78 is 1.82. The van der Waals surface area contributed by atoms with Gasteiger partial charge in [0.25, 0.3) is 0 Å². The maximum atomic E-state index is 12.4. The van der Waals surface area contributed by atoms with Gasteiger partial charge in [-0.1, -0.05) is 6.42 Å². The maximum absolute atomic E-state index is 12.4. The lowest BCUT2D eigenvalue weighted by molar-refractivity contribution is -0.134. The lowest BCUT2D eigenvalue weighted by atomic mass is 10.0. The summed E-state index contributed by atoms with van der Waals surface area (Å²) in [4.78, 5) is 16.7. The number of carbonyl (C=O) groups excluding carboxylic acids is 1. The zero-order valence-corrected chi connectivity index (χ0v) is 14.5. The van der Waals surface area contributed by atoms with Gasteiger partial charge in [0.2, 0.25) is 5.91 Å². The highest BCUT2D eigenvalue weighted by Gasteiger charge is 2.28. The Morgan fingerprint density at radius 2 is 1.95 bits per heavy atom. The molecule has 1 atom stereocenters. The van der Waals surface area contributed by atoms with Crippen molar-refractivity contribution in [3.05, 3.63) is 12.4 Å². The van der Waals surface area contributed by atoms with E-state index < -0.39 is 0 Å². The van der Waals surface area contributed by atoms with Crippen molar-refractivity contribution in [1.82, 2.24) is 20.0 Å². The number of piperidine rings is 1. The fourth-order valence-corrected chi connectivity index (χ4v) is 3.04. The molecule has 8 heteroatoms. The third-order valence-electron chi connectivity index (χ3n) is 4.26. The molecule has 3 rings (SSSR count). The highest BCUT2D eigenvalue weighted by Crippen LogP contribution is 2.16. The average Bonchev–Trinajstić information content (AvgIpc) is 2.94. The number of anilines is 1. The van der Waals surface area contributed by atoms with E-state index in [0.29, 0.717) is 0 Å². The standard InChI is InChI=1S/C14H23N5O.2ClH/c1-17-11-12(10-16-17)18-6-8-19(9-7-18)14(20)13-4-2-3-5-15-13;;/h10-11,13,15H,2-9H2,1H3;2*1H/t13-;;/m1../s1. The molecular formula is C14H25Cl2N5O. The summed E-state index contributed by atoms with van der Waals surface area (Å²) in [6.45, 7) is 4.39. The van der Waals surface area contributed by atoms with Crippen LogP contribution >= 0.6 is 24.8 Å². The molecule has 0 saturated carbocycles. The Balaban J connectivity index is 0.00000121. The minimum atomic E-state index is 0. The molecule has 22 heavy (non-hydrogen) atoms. The zero-order chi connectivity index (χ0) is 13.9. The highest BCUT2D eigenvalue weighted by atomic mass is 35.5. The minimum absolute atomic E-state index is 0. The monoisotopic (exact) mass is 349 g/mol. The van der Waals surface area contributed by atoms with Crippen molar-refractivity contribution in [2.24, 2.45) is 7.05 Å². The van der Waals surface area contributed by atoms with Crippen LogP contribution in [0.5, 0.6) is 0 Å². The summed E-state index contributed by atoms with van der Waals surface area (Å²) in [5, 5.41) is 7.55. The second kappa shape index (κ2) is 8.60. The lowest BCUT2D eigenvalue weighted by Crippen LogP contribution is -2.55. The molecule has 2 aliphatic heterocycles. The van der Waals surface area contributed by atoms with Gasteiger partial charge in [-0.2, -0.15) is 5.10 Å². The molecule has 6 nitrogen and oxygen atoms in total. The molecule has 0 aromatic carbocycles. The van der Waals surface area contributed by atoms with Crippen LogP contribution in [0.2, 0.25) is 0 Å². The Morgan fingerprint density at radius 3 is 2.50 bits per heavy atom. The summed E-state index contributed by atoms with van der Waals surface area (Å²) in [6, 6.07) is 0.0497. The van der Waals surface area contributed by atoms with E-state index in [0.717, 1.165) is 44.8 Å². The first-order valence-electron chi connectivity index (χ1n) is 7.50. The summed E-state index contributed by atoms with van der Waals surface area (Å²) in [6.07, 6.45) is 7.26. The second-order valence-corrected chi connectivity index (χ2v) is 5.69. The SMILES string of the molecule is Cl.Cl.Cn1cc(N2CCN(C(=O)[C@H]3CCCCN3)CC2)cn1. The summed E-state index contributed by atoms with van der Waals surface area (Å²) in [5.41, 5.74) is 1.15. The largest absolute Gasteiger partial charge is 0.365 e. The van der Waals surface area contributed by atoms with Gasteiger partial charge in [-0.05, 0) is 19.4 Å². The molecule has 0 aliphatic carbocycles. The molecular weight excluding hydrogens is 325 g/mol. The van der Waals surface area contributed by atoms with Gasteiger partial charge >= 0.3 is 0 Å². The molecule has 0 unspecified atom stereocenters. The smallest absolute Gasteiger partial charge is 0.239 e. The molecule has 0 spiro atoms. The van der Waals surface area contributed by atoms with E-state index in [-0.39, 0.29) is 36.8 Å². The maximum Gasteiger partial charge on any atom is 0.239 e. The number of rotatable bonds is 2. The van der Waals surface area contributed by atoms with Crippen LogP contribution in [0.4, 0.5) is 5.69 Å². The van der Waals surface area contributed by atoms with Gasteiger partial charge in [0.15, 0.2) is 0 Å². The van der Waals surface area contributed by atoms with Crippen molar-refractivity contribution >= 4 is 36.4 Å². The van der Waals surface area contributed by atoms with Crippen LogP contribution in [-0.4, -0.2) is 59.4 Å². The summed E-state index contributed by atoms with van der Waals surface area (Å²) >= 11 is 0. The third kappa shape index (κ3) is 4.27. The topological polar surface area (TPSA) is 53.4 Å². The molecule has 3 heterocycles. The van der Waals surface area contributed by atoms with E-state index in [9.17, 15) is 4.79 Å². The number of hydrogen-bond acceptors (Lipinski definition) is 4. The Hall–Kier alpha value is -0.980. The number of carbonyl (C=O) groups is 1. The van der Waals surface area contributed by atoms with Crippen molar-refractivity contribution < 1.29 is 4.79 Å². The fraction of sp³-hybridized carbons (Fsp3) is 0.714. The van der Waals surface area contributed by atoms with Crippen molar-refractivity contribution in [3.63, 3.8) is 0 Å².